The molecule has 0 saturated carbocycles. The molecule has 0 heterocycles. The fraction of sp³-hybridized carbons (Fsp3) is 0.824. The largest absolute Gasteiger partial charge is 0.460 e. The van der Waals surface area contributed by atoms with E-state index in [1.54, 1.807) is 6.92 Å². The van der Waals surface area contributed by atoms with Gasteiger partial charge in [0.05, 0.1) is 6.61 Å². The summed E-state index contributed by atoms with van der Waals surface area (Å²) in [6.45, 7) is 19.6. The molecule has 0 radical (unpaired) electrons. The molecule has 0 aromatic rings. The van der Waals surface area contributed by atoms with Crippen molar-refractivity contribution < 1.29 is 14.1 Å². The second-order valence-corrected chi connectivity index (χ2v) is 9.45. The summed E-state index contributed by atoms with van der Waals surface area (Å²) in [5, 5.41) is 0. The molecule has 0 amide bonds. The van der Waals surface area contributed by atoms with Crippen molar-refractivity contribution in [3.63, 3.8) is 0 Å². The van der Waals surface area contributed by atoms with Gasteiger partial charge in [-0.3, -0.25) is 0 Å². The van der Waals surface area contributed by atoms with E-state index in [0.717, 1.165) is 12.8 Å². The summed E-state index contributed by atoms with van der Waals surface area (Å²) < 4.78 is 10.8. The van der Waals surface area contributed by atoms with E-state index < -0.39 is 0 Å². The third-order valence-corrected chi connectivity index (χ3v) is 3.85. The van der Waals surface area contributed by atoms with Gasteiger partial charge in [0, 0.05) is 20.0 Å². The molecule has 0 fully saturated rings. The van der Waals surface area contributed by atoms with Gasteiger partial charge in [-0.15, -0.1) is 0 Å². The molecule has 0 aliphatic carbocycles. The number of carbonyl (C=O) groups excluding carboxylic acids is 1. The number of hydrogen-bond donors (Lipinski definition) is 0. The average molecular weight is 316 g/mol. The number of rotatable bonds is 8. The number of ether oxygens (including phenoxy) is 1. The molecule has 0 spiro atoms. The van der Waals surface area contributed by atoms with Gasteiger partial charge in [0.1, 0.15) is 6.61 Å². The second-order valence-electron chi connectivity index (χ2n) is 8.11. The molecule has 1 unspecified atom stereocenters. The van der Waals surface area contributed by atoms with Crippen LogP contribution >= 0.6 is 8.81 Å². The van der Waals surface area contributed by atoms with Crippen molar-refractivity contribution in [3.05, 3.63) is 12.2 Å². The van der Waals surface area contributed by atoms with Gasteiger partial charge in [-0.2, -0.15) is 0 Å². The van der Waals surface area contributed by atoms with Crippen LogP contribution in [0.3, 0.4) is 0 Å². The first-order chi connectivity index (χ1) is 9.41. The molecule has 0 bridgehead atoms. The summed E-state index contributed by atoms with van der Waals surface area (Å²) in [7, 11) is 0.455. The molecule has 1 atom stereocenters. The molecule has 4 heteroatoms. The smallest absolute Gasteiger partial charge is 0.333 e. The predicted molar refractivity (Wildman–Crippen MR) is 92.0 cm³/mol. The fourth-order valence-corrected chi connectivity index (χ4v) is 3.94. The van der Waals surface area contributed by atoms with E-state index in [1.807, 2.05) is 0 Å². The van der Waals surface area contributed by atoms with Crippen LogP contribution in [0.15, 0.2) is 12.2 Å². The summed E-state index contributed by atoms with van der Waals surface area (Å²) in [6, 6.07) is 0. The monoisotopic (exact) mass is 316 g/mol. The molecule has 0 aromatic heterocycles. The Balaban J connectivity index is 4.13. The molecular weight excluding hydrogens is 283 g/mol. The number of carbonyl (C=O) groups is 1. The summed E-state index contributed by atoms with van der Waals surface area (Å²) in [5.74, 6) is -0.345. The van der Waals surface area contributed by atoms with Crippen LogP contribution in [-0.4, -0.2) is 24.8 Å². The normalized spacial score (nSPS) is 13.1. The minimum Gasteiger partial charge on any atom is -0.460 e. The Labute approximate surface area is 132 Å². The Bertz CT molecular complexity index is 321. The molecule has 0 aliphatic rings. The van der Waals surface area contributed by atoms with Crippen LogP contribution in [0.4, 0.5) is 0 Å². The van der Waals surface area contributed by atoms with Crippen molar-refractivity contribution in [3.8, 4) is 0 Å². The lowest BCUT2D eigenvalue weighted by atomic mass is 9.83. The number of hydrogen-bond acceptors (Lipinski definition) is 3. The standard InChI is InChI=1S/C17H33O3P/c1-13(2)15(18)19-9-10-20-21-14(11-16(3,4)5)12-17(6,7)8/h14,21H,1,9-12H2,2-8H3. The summed E-state index contributed by atoms with van der Waals surface area (Å²) in [6.07, 6.45) is 2.29. The fourth-order valence-electron chi connectivity index (χ4n) is 2.11. The lowest BCUT2D eigenvalue weighted by Gasteiger charge is -2.30. The van der Waals surface area contributed by atoms with Gasteiger partial charge in [-0.05, 0) is 30.6 Å². The molecule has 0 rings (SSSR count). The van der Waals surface area contributed by atoms with Gasteiger partial charge >= 0.3 is 5.97 Å². The van der Waals surface area contributed by atoms with Crippen molar-refractivity contribution in [2.24, 2.45) is 10.8 Å². The Morgan fingerprint density at radius 3 is 1.90 bits per heavy atom. The molecule has 0 aromatic carbocycles. The maximum atomic E-state index is 11.2. The van der Waals surface area contributed by atoms with E-state index in [-0.39, 0.29) is 5.97 Å². The molecule has 0 N–H and O–H groups in total. The molecule has 3 nitrogen and oxygen atoms in total. The zero-order valence-corrected chi connectivity index (χ0v) is 15.8. The third kappa shape index (κ3) is 13.0. The average Bonchev–Trinajstić information content (AvgIpc) is 2.23. The first-order valence-electron chi connectivity index (χ1n) is 7.61. The highest BCUT2D eigenvalue weighted by Crippen LogP contribution is 2.38. The zero-order chi connectivity index (χ0) is 16.7. The minimum absolute atomic E-state index is 0.302. The Kier molecular flexibility index (Phi) is 8.73. The maximum absolute atomic E-state index is 11.2. The summed E-state index contributed by atoms with van der Waals surface area (Å²) in [4.78, 5) is 11.2. The quantitative estimate of drug-likeness (QED) is 0.275. The summed E-state index contributed by atoms with van der Waals surface area (Å²) >= 11 is 0. The zero-order valence-electron chi connectivity index (χ0n) is 14.8. The van der Waals surface area contributed by atoms with E-state index in [9.17, 15) is 4.79 Å². The van der Waals surface area contributed by atoms with Crippen LogP contribution in [0.1, 0.15) is 61.3 Å². The van der Waals surface area contributed by atoms with E-state index in [1.165, 1.54) is 0 Å². The van der Waals surface area contributed by atoms with Crippen molar-refractivity contribution in [2.75, 3.05) is 13.2 Å². The van der Waals surface area contributed by atoms with Gasteiger partial charge in [0.15, 0.2) is 0 Å². The van der Waals surface area contributed by atoms with Crippen molar-refractivity contribution >= 4 is 14.8 Å². The van der Waals surface area contributed by atoms with Crippen LogP contribution < -0.4 is 0 Å². The van der Waals surface area contributed by atoms with Gasteiger partial charge in [-0.1, -0.05) is 48.1 Å². The molecular formula is C17H33O3P. The molecule has 21 heavy (non-hydrogen) atoms. The van der Waals surface area contributed by atoms with E-state index in [2.05, 4.69) is 48.1 Å². The predicted octanol–water partition coefficient (Wildman–Crippen LogP) is 4.96. The highest BCUT2D eigenvalue weighted by molar-refractivity contribution is 7.33. The summed E-state index contributed by atoms with van der Waals surface area (Å²) in [5.41, 5.74) is 1.59. The van der Waals surface area contributed by atoms with Crippen LogP contribution in [-0.2, 0) is 14.1 Å². The maximum Gasteiger partial charge on any atom is 0.333 e. The first-order valence-corrected chi connectivity index (χ1v) is 8.59. The highest BCUT2D eigenvalue weighted by Gasteiger charge is 2.24. The van der Waals surface area contributed by atoms with Crippen LogP contribution in [0.2, 0.25) is 0 Å². The first kappa shape index (κ1) is 20.6. The van der Waals surface area contributed by atoms with E-state index in [0.29, 0.717) is 44.1 Å². The number of esters is 1. The molecule has 0 aliphatic heterocycles. The Morgan fingerprint density at radius 1 is 1.05 bits per heavy atom. The lowest BCUT2D eigenvalue weighted by molar-refractivity contribution is -0.139. The molecule has 0 saturated heterocycles. The second kappa shape index (κ2) is 8.90. The van der Waals surface area contributed by atoms with Gasteiger partial charge in [-0.25, -0.2) is 4.79 Å². The third-order valence-electron chi connectivity index (χ3n) is 2.73. The Hall–Kier alpha value is -0.400. The van der Waals surface area contributed by atoms with E-state index in [4.69, 9.17) is 9.26 Å². The van der Waals surface area contributed by atoms with Crippen LogP contribution in [0.5, 0.6) is 0 Å². The SMILES string of the molecule is C=C(C)C(=O)OCCOPC(CC(C)(C)C)CC(C)(C)C. The van der Waals surface area contributed by atoms with Crippen molar-refractivity contribution in [1.29, 1.82) is 0 Å². The lowest BCUT2D eigenvalue weighted by Crippen LogP contribution is -2.21. The minimum atomic E-state index is -0.345. The van der Waals surface area contributed by atoms with E-state index >= 15 is 0 Å². The Morgan fingerprint density at radius 2 is 1.52 bits per heavy atom. The van der Waals surface area contributed by atoms with Gasteiger partial charge < -0.3 is 9.26 Å². The van der Waals surface area contributed by atoms with Gasteiger partial charge in [0.2, 0.25) is 0 Å². The molecule has 124 valence electrons. The van der Waals surface area contributed by atoms with Crippen molar-refractivity contribution in [2.45, 2.75) is 67.0 Å². The van der Waals surface area contributed by atoms with Crippen molar-refractivity contribution in [1.82, 2.24) is 0 Å². The van der Waals surface area contributed by atoms with Gasteiger partial charge in [0.25, 0.3) is 0 Å². The highest BCUT2D eigenvalue weighted by atomic mass is 31.1. The van der Waals surface area contributed by atoms with Crippen LogP contribution in [0, 0.1) is 10.8 Å². The topological polar surface area (TPSA) is 35.5 Å². The van der Waals surface area contributed by atoms with Crippen LogP contribution in [0.25, 0.3) is 0 Å².